The number of nitrogens with one attached hydrogen (secondary N) is 1. The Labute approximate surface area is 117 Å². The SMILES string of the molecule is CC(CCNC(=O)c1cc(F)c(F)cc1[N+](=O)[O-])C(=O)O. The fourth-order valence-corrected chi connectivity index (χ4v) is 1.49. The van der Waals surface area contributed by atoms with Crippen molar-refractivity contribution >= 4 is 17.6 Å². The van der Waals surface area contributed by atoms with E-state index in [0.717, 1.165) is 0 Å². The lowest BCUT2D eigenvalue weighted by Gasteiger charge is -2.08. The molecule has 9 heteroatoms. The molecule has 21 heavy (non-hydrogen) atoms. The fraction of sp³-hybridized carbons (Fsp3) is 0.333. The zero-order valence-electron chi connectivity index (χ0n) is 10.9. The Balaban J connectivity index is 2.85. The van der Waals surface area contributed by atoms with Gasteiger partial charge in [0.05, 0.1) is 16.9 Å². The summed E-state index contributed by atoms with van der Waals surface area (Å²) in [4.78, 5) is 32.0. The highest BCUT2D eigenvalue weighted by Crippen LogP contribution is 2.22. The Bertz CT molecular complexity index is 591. The summed E-state index contributed by atoms with van der Waals surface area (Å²) < 4.78 is 26.0. The maximum Gasteiger partial charge on any atom is 0.306 e. The van der Waals surface area contributed by atoms with Crippen molar-refractivity contribution < 1.29 is 28.4 Å². The number of nitrogens with zero attached hydrogens (tertiary/aromatic N) is 1. The summed E-state index contributed by atoms with van der Waals surface area (Å²) in [5.74, 6) is -5.56. The van der Waals surface area contributed by atoms with Gasteiger partial charge in [-0.05, 0) is 12.5 Å². The first-order valence-corrected chi connectivity index (χ1v) is 5.88. The molecule has 114 valence electrons. The van der Waals surface area contributed by atoms with E-state index in [0.29, 0.717) is 12.1 Å². The normalized spacial score (nSPS) is 11.8. The van der Waals surface area contributed by atoms with E-state index >= 15 is 0 Å². The number of nitro benzene ring substituents is 1. The number of carboxylic acid groups (broad SMARTS) is 1. The van der Waals surface area contributed by atoms with Gasteiger partial charge in [-0.25, -0.2) is 8.78 Å². The van der Waals surface area contributed by atoms with Crippen molar-refractivity contribution in [3.05, 3.63) is 39.4 Å². The molecule has 0 radical (unpaired) electrons. The Kier molecular flexibility index (Phi) is 5.28. The van der Waals surface area contributed by atoms with E-state index in [9.17, 15) is 28.5 Å². The number of benzene rings is 1. The lowest BCUT2D eigenvalue weighted by molar-refractivity contribution is -0.385. The maximum absolute atomic E-state index is 13.1. The number of carbonyl (C=O) groups excluding carboxylic acids is 1. The van der Waals surface area contributed by atoms with Crippen molar-refractivity contribution in [1.29, 1.82) is 0 Å². The number of carbonyl (C=O) groups is 2. The smallest absolute Gasteiger partial charge is 0.306 e. The van der Waals surface area contributed by atoms with Gasteiger partial charge in [-0.1, -0.05) is 6.92 Å². The number of carboxylic acids is 1. The van der Waals surface area contributed by atoms with Crippen LogP contribution in [0.1, 0.15) is 23.7 Å². The number of rotatable bonds is 6. The van der Waals surface area contributed by atoms with E-state index in [1.165, 1.54) is 6.92 Å². The number of aliphatic carboxylic acids is 1. The quantitative estimate of drug-likeness (QED) is 0.614. The van der Waals surface area contributed by atoms with Crippen LogP contribution in [-0.4, -0.2) is 28.5 Å². The van der Waals surface area contributed by atoms with Crippen LogP contribution in [0.4, 0.5) is 14.5 Å². The molecule has 1 rings (SSSR count). The van der Waals surface area contributed by atoms with Crippen LogP contribution >= 0.6 is 0 Å². The molecule has 1 amide bonds. The van der Waals surface area contributed by atoms with Crippen molar-refractivity contribution in [3.8, 4) is 0 Å². The Hall–Kier alpha value is -2.58. The summed E-state index contributed by atoms with van der Waals surface area (Å²) in [5, 5.41) is 21.6. The molecule has 0 aliphatic heterocycles. The zero-order chi connectivity index (χ0) is 16.2. The van der Waals surface area contributed by atoms with Gasteiger partial charge in [0.25, 0.3) is 11.6 Å². The average molecular weight is 302 g/mol. The summed E-state index contributed by atoms with van der Waals surface area (Å²) in [6.45, 7) is 1.36. The summed E-state index contributed by atoms with van der Waals surface area (Å²) in [7, 11) is 0. The zero-order valence-corrected chi connectivity index (χ0v) is 10.9. The van der Waals surface area contributed by atoms with Crippen molar-refractivity contribution in [2.45, 2.75) is 13.3 Å². The van der Waals surface area contributed by atoms with Crippen LogP contribution in [0.15, 0.2) is 12.1 Å². The third-order valence-corrected chi connectivity index (χ3v) is 2.76. The molecule has 0 spiro atoms. The van der Waals surface area contributed by atoms with Crippen molar-refractivity contribution in [2.24, 2.45) is 5.92 Å². The highest BCUT2D eigenvalue weighted by Gasteiger charge is 2.24. The summed E-state index contributed by atoms with van der Waals surface area (Å²) in [6.07, 6.45) is 0.0958. The Morgan fingerprint density at radius 3 is 2.48 bits per heavy atom. The van der Waals surface area contributed by atoms with Gasteiger partial charge in [-0.15, -0.1) is 0 Å². The molecule has 1 atom stereocenters. The second-order valence-electron chi connectivity index (χ2n) is 4.32. The molecule has 7 nitrogen and oxygen atoms in total. The van der Waals surface area contributed by atoms with Gasteiger partial charge in [-0.3, -0.25) is 19.7 Å². The lowest BCUT2D eigenvalue weighted by Crippen LogP contribution is -2.27. The van der Waals surface area contributed by atoms with Crippen molar-refractivity contribution in [3.63, 3.8) is 0 Å². The van der Waals surface area contributed by atoms with E-state index < -0.39 is 45.6 Å². The van der Waals surface area contributed by atoms with E-state index in [2.05, 4.69) is 5.32 Å². The molecule has 0 aromatic heterocycles. The molecule has 1 aromatic rings. The highest BCUT2D eigenvalue weighted by atomic mass is 19.2. The van der Waals surface area contributed by atoms with Crippen molar-refractivity contribution in [1.82, 2.24) is 5.32 Å². The first-order valence-electron chi connectivity index (χ1n) is 5.88. The highest BCUT2D eigenvalue weighted by molar-refractivity contribution is 5.98. The van der Waals surface area contributed by atoms with Crippen LogP contribution in [0.25, 0.3) is 0 Å². The Morgan fingerprint density at radius 2 is 1.95 bits per heavy atom. The van der Waals surface area contributed by atoms with E-state index in [1.807, 2.05) is 0 Å². The summed E-state index contributed by atoms with van der Waals surface area (Å²) >= 11 is 0. The van der Waals surface area contributed by atoms with Gasteiger partial charge in [0, 0.05) is 6.54 Å². The second kappa shape index (κ2) is 6.73. The fourth-order valence-electron chi connectivity index (χ4n) is 1.49. The molecule has 2 N–H and O–H groups in total. The minimum atomic E-state index is -1.43. The minimum absolute atomic E-state index is 0.0670. The molecule has 0 heterocycles. The predicted molar refractivity (Wildman–Crippen MR) is 66.8 cm³/mol. The molecule has 0 fully saturated rings. The van der Waals surface area contributed by atoms with Gasteiger partial charge in [0.2, 0.25) is 0 Å². The van der Waals surface area contributed by atoms with E-state index in [1.54, 1.807) is 0 Å². The first kappa shape index (κ1) is 16.5. The number of nitro groups is 1. The lowest BCUT2D eigenvalue weighted by atomic mass is 10.1. The third-order valence-electron chi connectivity index (χ3n) is 2.76. The van der Waals surface area contributed by atoms with Gasteiger partial charge in [0.15, 0.2) is 11.6 Å². The van der Waals surface area contributed by atoms with Crippen LogP contribution in [-0.2, 0) is 4.79 Å². The number of halogens is 2. The van der Waals surface area contributed by atoms with Gasteiger partial charge in [-0.2, -0.15) is 0 Å². The van der Waals surface area contributed by atoms with Crippen LogP contribution in [0, 0.1) is 27.7 Å². The molecule has 0 aliphatic rings. The minimum Gasteiger partial charge on any atom is -0.481 e. The van der Waals surface area contributed by atoms with Gasteiger partial charge >= 0.3 is 5.97 Å². The molecule has 1 aromatic carbocycles. The predicted octanol–water partition coefficient (Wildman–Crippen LogP) is 1.71. The second-order valence-corrected chi connectivity index (χ2v) is 4.32. The molecule has 0 aliphatic carbocycles. The topological polar surface area (TPSA) is 110 Å². The molecule has 0 saturated heterocycles. The van der Waals surface area contributed by atoms with Gasteiger partial charge < -0.3 is 10.4 Å². The maximum atomic E-state index is 13.1. The molecule has 0 saturated carbocycles. The number of hydrogen-bond donors (Lipinski definition) is 2. The van der Waals surface area contributed by atoms with Crippen LogP contribution in [0.5, 0.6) is 0 Å². The molecule has 1 unspecified atom stereocenters. The van der Waals surface area contributed by atoms with E-state index in [-0.39, 0.29) is 13.0 Å². The number of hydrogen-bond acceptors (Lipinski definition) is 4. The monoisotopic (exact) mass is 302 g/mol. The summed E-state index contributed by atoms with van der Waals surface area (Å²) in [6, 6.07) is 0.757. The molecular weight excluding hydrogens is 290 g/mol. The number of amides is 1. The van der Waals surface area contributed by atoms with Crippen LogP contribution in [0.3, 0.4) is 0 Å². The standard InChI is InChI=1S/C12H12F2N2O5/c1-6(12(18)19)2-3-15-11(17)7-4-8(13)9(14)5-10(7)16(20)21/h4-6H,2-3H2,1H3,(H,15,17)(H,18,19). The largest absolute Gasteiger partial charge is 0.481 e. The average Bonchev–Trinajstić information content (AvgIpc) is 2.40. The van der Waals surface area contributed by atoms with Gasteiger partial charge in [0.1, 0.15) is 5.56 Å². The third kappa shape index (κ3) is 4.20. The summed E-state index contributed by atoms with van der Waals surface area (Å²) in [5.41, 5.74) is -1.49. The molecule has 0 bridgehead atoms. The van der Waals surface area contributed by atoms with Crippen LogP contribution in [0.2, 0.25) is 0 Å². The van der Waals surface area contributed by atoms with Crippen LogP contribution < -0.4 is 5.32 Å². The van der Waals surface area contributed by atoms with E-state index in [4.69, 9.17) is 5.11 Å². The first-order chi connectivity index (χ1) is 9.73. The van der Waals surface area contributed by atoms with Crippen molar-refractivity contribution in [2.75, 3.05) is 6.54 Å². The Morgan fingerprint density at radius 1 is 1.38 bits per heavy atom. The molecular formula is C12H12F2N2O5.